The maximum Gasteiger partial charge on any atom is 0.234 e. The van der Waals surface area contributed by atoms with E-state index in [0.717, 1.165) is 6.54 Å². The Labute approximate surface area is 92.0 Å². The standard InChI is InChI=1S/C11H21N3O/c1-4-10(11(13)15)14(7-5-6-12)8-9(2)3/h9-10H,4-5,7-8H2,1-3H3,(H2,13,15). The zero-order valence-electron chi connectivity index (χ0n) is 9.86. The lowest BCUT2D eigenvalue weighted by Crippen LogP contribution is -2.46. The van der Waals surface area contributed by atoms with Crippen LogP contribution in [0.25, 0.3) is 0 Å². The van der Waals surface area contributed by atoms with Gasteiger partial charge in [-0.15, -0.1) is 0 Å². The van der Waals surface area contributed by atoms with Gasteiger partial charge in [-0.1, -0.05) is 20.8 Å². The quantitative estimate of drug-likeness (QED) is 0.686. The van der Waals surface area contributed by atoms with E-state index in [9.17, 15) is 4.79 Å². The second-order valence-corrected chi connectivity index (χ2v) is 4.12. The Morgan fingerprint density at radius 2 is 2.13 bits per heavy atom. The number of nitrogens with zero attached hydrogens (tertiary/aromatic N) is 2. The van der Waals surface area contributed by atoms with Crippen molar-refractivity contribution in [3.63, 3.8) is 0 Å². The van der Waals surface area contributed by atoms with Gasteiger partial charge in [0.25, 0.3) is 0 Å². The summed E-state index contributed by atoms with van der Waals surface area (Å²) in [4.78, 5) is 13.2. The summed E-state index contributed by atoms with van der Waals surface area (Å²) in [6.07, 6.45) is 1.14. The molecule has 0 radical (unpaired) electrons. The van der Waals surface area contributed by atoms with E-state index >= 15 is 0 Å². The first-order valence-electron chi connectivity index (χ1n) is 5.43. The molecule has 0 bridgehead atoms. The lowest BCUT2D eigenvalue weighted by atomic mass is 10.1. The van der Waals surface area contributed by atoms with Crippen molar-refractivity contribution in [2.24, 2.45) is 11.7 Å². The van der Waals surface area contributed by atoms with E-state index in [4.69, 9.17) is 11.0 Å². The Balaban J connectivity index is 4.44. The molecule has 0 aliphatic rings. The highest BCUT2D eigenvalue weighted by molar-refractivity contribution is 5.79. The second kappa shape index (κ2) is 7.24. The van der Waals surface area contributed by atoms with Gasteiger partial charge in [0.15, 0.2) is 0 Å². The van der Waals surface area contributed by atoms with Crippen LogP contribution in [0.2, 0.25) is 0 Å². The van der Waals surface area contributed by atoms with Crippen molar-refractivity contribution in [3.8, 4) is 6.07 Å². The van der Waals surface area contributed by atoms with Gasteiger partial charge < -0.3 is 5.73 Å². The predicted molar refractivity (Wildman–Crippen MR) is 59.9 cm³/mol. The zero-order valence-corrected chi connectivity index (χ0v) is 9.86. The fourth-order valence-electron chi connectivity index (χ4n) is 1.68. The summed E-state index contributed by atoms with van der Waals surface area (Å²) in [5.41, 5.74) is 5.33. The van der Waals surface area contributed by atoms with Gasteiger partial charge in [0.1, 0.15) is 0 Å². The van der Waals surface area contributed by atoms with Crippen LogP contribution in [0.3, 0.4) is 0 Å². The van der Waals surface area contributed by atoms with Crippen molar-refractivity contribution in [1.82, 2.24) is 4.90 Å². The molecule has 4 nitrogen and oxygen atoms in total. The van der Waals surface area contributed by atoms with Gasteiger partial charge in [-0.2, -0.15) is 5.26 Å². The van der Waals surface area contributed by atoms with Gasteiger partial charge >= 0.3 is 0 Å². The summed E-state index contributed by atoms with van der Waals surface area (Å²) in [6, 6.07) is 1.86. The molecular formula is C11H21N3O. The Morgan fingerprint density at radius 3 is 2.47 bits per heavy atom. The van der Waals surface area contributed by atoms with Crippen molar-refractivity contribution < 1.29 is 4.79 Å². The number of hydrogen-bond donors (Lipinski definition) is 1. The molecule has 1 atom stereocenters. The summed E-state index contributed by atoms with van der Waals surface area (Å²) in [5.74, 6) is 0.174. The van der Waals surface area contributed by atoms with Gasteiger partial charge in [0.05, 0.1) is 12.1 Å². The first-order chi connectivity index (χ1) is 7.02. The van der Waals surface area contributed by atoms with E-state index in [1.165, 1.54) is 0 Å². The molecule has 0 aromatic rings. The zero-order chi connectivity index (χ0) is 11.8. The highest BCUT2D eigenvalue weighted by atomic mass is 16.1. The van der Waals surface area contributed by atoms with Crippen LogP contribution in [0.5, 0.6) is 0 Å². The third kappa shape index (κ3) is 5.38. The third-order valence-electron chi connectivity index (χ3n) is 2.27. The summed E-state index contributed by atoms with van der Waals surface area (Å²) in [6.45, 7) is 7.55. The van der Waals surface area contributed by atoms with Crippen molar-refractivity contribution in [2.45, 2.75) is 39.7 Å². The van der Waals surface area contributed by atoms with Gasteiger partial charge in [-0.25, -0.2) is 0 Å². The summed E-state index contributed by atoms with van der Waals surface area (Å²) >= 11 is 0. The second-order valence-electron chi connectivity index (χ2n) is 4.12. The third-order valence-corrected chi connectivity index (χ3v) is 2.27. The fraction of sp³-hybridized carbons (Fsp3) is 0.818. The van der Waals surface area contributed by atoms with E-state index in [1.807, 2.05) is 11.8 Å². The van der Waals surface area contributed by atoms with Crippen molar-refractivity contribution >= 4 is 5.91 Å². The molecule has 1 amide bonds. The van der Waals surface area contributed by atoms with Crippen LogP contribution < -0.4 is 5.73 Å². The molecular weight excluding hydrogens is 190 g/mol. The van der Waals surface area contributed by atoms with E-state index in [-0.39, 0.29) is 11.9 Å². The number of carbonyl (C=O) groups is 1. The molecule has 0 aliphatic carbocycles. The molecule has 0 saturated heterocycles. The first-order valence-corrected chi connectivity index (χ1v) is 5.43. The fourth-order valence-corrected chi connectivity index (χ4v) is 1.68. The summed E-state index contributed by atoms with van der Waals surface area (Å²) in [5, 5.41) is 8.55. The topological polar surface area (TPSA) is 70.1 Å². The normalized spacial score (nSPS) is 12.8. The van der Waals surface area contributed by atoms with Crippen LogP contribution in [-0.4, -0.2) is 29.9 Å². The molecule has 0 heterocycles. The molecule has 1 unspecified atom stereocenters. The Hall–Kier alpha value is -1.08. The number of primary amides is 1. The number of nitriles is 1. The minimum absolute atomic E-state index is 0.235. The maximum absolute atomic E-state index is 11.2. The van der Waals surface area contributed by atoms with Crippen LogP contribution >= 0.6 is 0 Å². The number of carbonyl (C=O) groups excluding carboxylic acids is 1. The molecule has 0 aliphatic heterocycles. The predicted octanol–water partition coefficient (Wildman–Crippen LogP) is 1.12. The van der Waals surface area contributed by atoms with Gasteiger partial charge in [0.2, 0.25) is 5.91 Å². The Bertz CT molecular complexity index is 232. The smallest absolute Gasteiger partial charge is 0.234 e. The largest absolute Gasteiger partial charge is 0.368 e. The van der Waals surface area contributed by atoms with E-state index in [0.29, 0.717) is 25.3 Å². The maximum atomic E-state index is 11.2. The molecule has 0 saturated carbocycles. The molecule has 0 fully saturated rings. The summed E-state index contributed by atoms with van der Waals surface area (Å²) in [7, 11) is 0. The van der Waals surface area contributed by atoms with Gasteiger partial charge in [0, 0.05) is 19.5 Å². The van der Waals surface area contributed by atoms with Crippen LogP contribution in [0.1, 0.15) is 33.6 Å². The van der Waals surface area contributed by atoms with Crippen molar-refractivity contribution in [2.75, 3.05) is 13.1 Å². The SMILES string of the molecule is CCC(C(N)=O)N(CCC#N)CC(C)C. The van der Waals surface area contributed by atoms with Crippen LogP contribution in [0, 0.1) is 17.2 Å². The lowest BCUT2D eigenvalue weighted by Gasteiger charge is -2.29. The number of nitrogens with two attached hydrogens (primary N) is 1. The molecule has 0 rings (SSSR count). The average Bonchev–Trinajstić information content (AvgIpc) is 2.13. The highest BCUT2D eigenvalue weighted by Crippen LogP contribution is 2.08. The van der Waals surface area contributed by atoms with E-state index in [2.05, 4.69) is 19.9 Å². The number of hydrogen-bond acceptors (Lipinski definition) is 3. The average molecular weight is 211 g/mol. The lowest BCUT2D eigenvalue weighted by molar-refractivity contribution is -0.123. The highest BCUT2D eigenvalue weighted by Gasteiger charge is 2.21. The van der Waals surface area contributed by atoms with Crippen molar-refractivity contribution in [1.29, 1.82) is 5.26 Å². The van der Waals surface area contributed by atoms with Gasteiger partial charge in [-0.3, -0.25) is 9.69 Å². The Morgan fingerprint density at radius 1 is 1.53 bits per heavy atom. The van der Waals surface area contributed by atoms with Gasteiger partial charge in [-0.05, 0) is 12.3 Å². The van der Waals surface area contributed by atoms with E-state index < -0.39 is 0 Å². The molecule has 0 spiro atoms. The minimum Gasteiger partial charge on any atom is -0.368 e. The summed E-state index contributed by atoms with van der Waals surface area (Å²) < 4.78 is 0. The molecule has 2 N–H and O–H groups in total. The van der Waals surface area contributed by atoms with Crippen molar-refractivity contribution in [3.05, 3.63) is 0 Å². The molecule has 4 heteroatoms. The van der Waals surface area contributed by atoms with Crippen LogP contribution in [0.15, 0.2) is 0 Å². The molecule has 15 heavy (non-hydrogen) atoms. The molecule has 0 aromatic heterocycles. The first kappa shape index (κ1) is 13.9. The number of rotatable bonds is 7. The molecule has 86 valence electrons. The monoisotopic (exact) mass is 211 g/mol. The number of amides is 1. The minimum atomic E-state index is -0.295. The Kier molecular flexibility index (Phi) is 6.72. The van der Waals surface area contributed by atoms with E-state index in [1.54, 1.807) is 0 Å². The molecule has 0 aromatic carbocycles. The van der Waals surface area contributed by atoms with Crippen LogP contribution in [-0.2, 0) is 4.79 Å². The van der Waals surface area contributed by atoms with Crippen LogP contribution in [0.4, 0.5) is 0 Å².